The van der Waals surface area contributed by atoms with E-state index in [1.165, 1.54) is 25.2 Å². The molecule has 0 bridgehead atoms. The van der Waals surface area contributed by atoms with Crippen molar-refractivity contribution in [1.29, 1.82) is 0 Å². The van der Waals surface area contributed by atoms with Gasteiger partial charge in [0.1, 0.15) is 0 Å². The van der Waals surface area contributed by atoms with Gasteiger partial charge in [-0.05, 0) is 55.0 Å². The summed E-state index contributed by atoms with van der Waals surface area (Å²) in [6, 6.07) is 8.64. The van der Waals surface area contributed by atoms with E-state index in [1.54, 1.807) is 6.92 Å². The Morgan fingerprint density at radius 2 is 1.71 bits per heavy atom. The maximum atomic E-state index is 13.4. The predicted octanol–water partition coefficient (Wildman–Crippen LogP) is 6.41. The van der Waals surface area contributed by atoms with Gasteiger partial charge in [0.25, 0.3) is 0 Å². The Labute approximate surface area is 141 Å². The van der Waals surface area contributed by atoms with Crippen LogP contribution < -0.4 is 0 Å². The molecule has 0 amide bonds. The quantitative estimate of drug-likeness (QED) is 0.489. The fraction of sp³-hybridized carbons (Fsp3) is 0.211. The molecule has 0 saturated heterocycles. The first kappa shape index (κ1) is 16.7. The van der Waals surface area contributed by atoms with Crippen LogP contribution in [-0.2, 0) is 6.18 Å². The third kappa shape index (κ3) is 2.63. The Hall–Kier alpha value is -2.14. The zero-order chi connectivity index (χ0) is 17.6. The highest BCUT2D eigenvalue weighted by molar-refractivity contribution is 7.17. The largest absolute Gasteiger partial charge is 0.416 e. The van der Waals surface area contributed by atoms with Crippen LogP contribution in [0.25, 0.3) is 21.2 Å². The summed E-state index contributed by atoms with van der Waals surface area (Å²) in [4.78, 5) is 12.2. The highest BCUT2D eigenvalue weighted by atomic mass is 32.1. The molecule has 0 atom stereocenters. The van der Waals surface area contributed by atoms with Crippen LogP contribution >= 0.6 is 11.3 Å². The third-order valence-electron chi connectivity index (χ3n) is 4.33. The minimum absolute atomic E-state index is 0.107. The minimum atomic E-state index is -4.45. The smallest absolute Gasteiger partial charge is 0.294 e. The molecule has 0 aliphatic rings. The maximum absolute atomic E-state index is 13.4. The van der Waals surface area contributed by atoms with Crippen LogP contribution in [0.5, 0.6) is 0 Å². The third-order valence-corrected chi connectivity index (χ3v) is 5.29. The van der Waals surface area contributed by atoms with Crippen molar-refractivity contribution in [3.63, 3.8) is 0 Å². The molecule has 124 valence electrons. The number of halogens is 3. The van der Waals surface area contributed by atoms with Gasteiger partial charge in [0.2, 0.25) is 0 Å². The number of carbonyl (C=O) groups excluding carboxylic acids is 1. The van der Waals surface area contributed by atoms with Crippen LogP contribution in [0.1, 0.15) is 34.0 Å². The number of hydrogen-bond donors (Lipinski definition) is 0. The van der Waals surface area contributed by atoms with Gasteiger partial charge in [-0.2, -0.15) is 13.2 Å². The van der Waals surface area contributed by atoms with Crippen LogP contribution in [0.2, 0.25) is 0 Å². The van der Waals surface area contributed by atoms with Crippen LogP contribution in [0, 0.1) is 13.8 Å². The summed E-state index contributed by atoms with van der Waals surface area (Å²) in [7, 11) is 0. The second kappa shape index (κ2) is 5.74. The Bertz CT molecular complexity index is 951. The van der Waals surface area contributed by atoms with E-state index >= 15 is 0 Å². The van der Waals surface area contributed by atoms with E-state index in [4.69, 9.17) is 0 Å². The monoisotopic (exact) mass is 348 g/mol. The van der Waals surface area contributed by atoms with Crippen molar-refractivity contribution in [2.24, 2.45) is 0 Å². The molecule has 0 spiro atoms. The number of ketones is 1. The summed E-state index contributed by atoms with van der Waals surface area (Å²) in [5.74, 6) is -0.227. The minimum Gasteiger partial charge on any atom is -0.294 e. The first-order valence-electron chi connectivity index (χ1n) is 7.40. The molecule has 1 aromatic heterocycles. The molecule has 0 fully saturated rings. The number of thiophene rings is 1. The Kier molecular flexibility index (Phi) is 4.00. The van der Waals surface area contributed by atoms with E-state index in [2.05, 4.69) is 0 Å². The molecular formula is C19H15F3OS. The summed E-state index contributed by atoms with van der Waals surface area (Å²) in [6.45, 7) is 4.40. The highest BCUT2D eigenvalue weighted by Gasteiger charge is 2.35. The first-order valence-corrected chi connectivity index (χ1v) is 8.28. The average molecular weight is 348 g/mol. The number of rotatable bonds is 2. The molecule has 0 radical (unpaired) electrons. The van der Waals surface area contributed by atoms with Gasteiger partial charge in [-0.1, -0.05) is 18.2 Å². The topological polar surface area (TPSA) is 17.1 Å². The summed E-state index contributed by atoms with van der Waals surface area (Å²) < 4.78 is 41.2. The molecule has 24 heavy (non-hydrogen) atoms. The van der Waals surface area contributed by atoms with Gasteiger partial charge in [0.15, 0.2) is 5.78 Å². The Morgan fingerprint density at radius 1 is 1.04 bits per heavy atom. The molecule has 3 rings (SSSR count). The molecule has 0 unspecified atom stereocenters. The zero-order valence-corrected chi connectivity index (χ0v) is 14.2. The highest BCUT2D eigenvalue weighted by Crippen LogP contribution is 2.42. The molecule has 0 aliphatic carbocycles. The van der Waals surface area contributed by atoms with Gasteiger partial charge in [-0.25, -0.2) is 0 Å². The van der Waals surface area contributed by atoms with E-state index in [0.717, 1.165) is 16.2 Å². The van der Waals surface area contributed by atoms with Gasteiger partial charge in [-0.3, -0.25) is 4.79 Å². The second-order valence-corrected chi connectivity index (χ2v) is 6.71. The summed E-state index contributed by atoms with van der Waals surface area (Å²) in [5, 5.41) is 2.68. The average Bonchev–Trinajstić information content (AvgIpc) is 2.92. The van der Waals surface area contributed by atoms with Gasteiger partial charge in [0.05, 0.1) is 5.56 Å². The molecule has 0 N–H and O–H groups in total. The fourth-order valence-electron chi connectivity index (χ4n) is 3.06. The predicted molar refractivity (Wildman–Crippen MR) is 91.7 cm³/mol. The molecular weight excluding hydrogens is 333 g/mol. The van der Waals surface area contributed by atoms with E-state index in [9.17, 15) is 18.0 Å². The maximum Gasteiger partial charge on any atom is 0.416 e. The van der Waals surface area contributed by atoms with Gasteiger partial charge < -0.3 is 0 Å². The number of hydrogen-bond acceptors (Lipinski definition) is 2. The first-order chi connectivity index (χ1) is 11.2. The fourth-order valence-corrected chi connectivity index (χ4v) is 4.02. The van der Waals surface area contributed by atoms with Crippen LogP contribution in [0.15, 0.2) is 35.7 Å². The molecule has 1 nitrogen and oxygen atoms in total. The van der Waals surface area contributed by atoms with E-state index in [-0.39, 0.29) is 11.3 Å². The van der Waals surface area contributed by atoms with Crippen molar-refractivity contribution >= 4 is 27.2 Å². The van der Waals surface area contributed by atoms with Crippen LogP contribution in [0.4, 0.5) is 13.2 Å². The lowest BCUT2D eigenvalue weighted by molar-refractivity contribution is -0.138. The second-order valence-electron chi connectivity index (χ2n) is 5.80. The lowest BCUT2D eigenvalue weighted by Crippen LogP contribution is -2.12. The van der Waals surface area contributed by atoms with Crippen molar-refractivity contribution in [3.05, 3.63) is 58.0 Å². The summed E-state index contributed by atoms with van der Waals surface area (Å²) in [6.07, 6.45) is -4.45. The number of benzene rings is 2. The van der Waals surface area contributed by atoms with Crippen molar-refractivity contribution in [3.8, 4) is 11.1 Å². The molecule has 5 heteroatoms. The standard InChI is InChI=1S/C19H15F3OS/c1-10-11(2)18(12(3)23)14(8-16(10)19(20,21)22)15-9-24-17-7-5-4-6-13(15)17/h4-9H,1-3H3. The summed E-state index contributed by atoms with van der Waals surface area (Å²) >= 11 is 1.46. The van der Waals surface area contributed by atoms with Crippen molar-refractivity contribution < 1.29 is 18.0 Å². The Morgan fingerprint density at radius 3 is 2.33 bits per heavy atom. The van der Waals surface area contributed by atoms with Crippen molar-refractivity contribution in [2.45, 2.75) is 26.9 Å². The molecule has 0 aliphatic heterocycles. The number of carbonyl (C=O) groups is 1. The van der Waals surface area contributed by atoms with Crippen molar-refractivity contribution in [1.82, 2.24) is 0 Å². The van der Waals surface area contributed by atoms with E-state index in [1.807, 2.05) is 29.6 Å². The van der Waals surface area contributed by atoms with Gasteiger partial charge in [-0.15, -0.1) is 11.3 Å². The van der Waals surface area contributed by atoms with Gasteiger partial charge >= 0.3 is 6.18 Å². The van der Waals surface area contributed by atoms with E-state index < -0.39 is 11.7 Å². The zero-order valence-electron chi connectivity index (χ0n) is 13.4. The number of Topliss-reactive ketones (excluding diaryl/α,β-unsaturated/α-hetero) is 1. The molecule has 3 aromatic rings. The SMILES string of the molecule is CC(=O)c1c(-c2csc3ccccc23)cc(C(F)(F)F)c(C)c1C. The number of fused-ring (bicyclic) bond motifs is 1. The van der Waals surface area contributed by atoms with E-state index in [0.29, 0.717) is 22.3 Å². The van der Waals surface area contributed by atoms with Gasteiger partial charge in [0, 0.05) is 21.2 Å². The summed E-state index contributed by atoms with van der Waals surface area (Å²) in [5.41, 5.74) is 1.21. The normalized spacial score (nSPS) is 11.9. The lowest BCUT2D eigenvalue weighted by atomic mass is 9.87. The number of alkyl halides is 3. The van der Waals surface area contributed by atoms with Crippen molar-refractivity contribution in [2.75, 3.05) is 0 Å². The molecule has 1 heterocycles. The lowest BCUT2D eigenvalue weighted by Gasteiger charge is -2.18. The molecule has 2 aromatic carbocycles. The van der Waals surface area contributed by atoms with Crippen LogP contribution in [-0.4, -0.2) is 5.78 Å². The Balaban J connectivity index is 2.42. The molecule has 0 saturated carbocycles. The van der Waals surface area contributed by atoms with Crippen LogP contribution in [0.3, 0.4) is 0 Å².